The van der Waals surface area contributed by atoms with Crippen LogP contribution in [-0.2, 0) is 0 Å². The van der Waals surface area contributed by atoms with Crippen LogP contribution in [0.3, 0.4) is 0 Å². The number of H-pyrrole nitrogens is 1. The van der Waals surface area contributed by atoms with Crippen molar-refractivity contribution in [3.8, 4) is 0 Å². The highest BCUT2D eigenvalue weighted by molar-refractivity contribution is 5.25. The minimum atomic E-state index is -3.07. The van der Waals surface area contributed by atoms with Gasteiger partial charge in [0.25, 0.3) is 6.43 Å². The molecule has 0 bridgehead atoms. The third-order valence-corrected chi connectivity index (χ3v) is 1.10. The first-order chi connectivity index (χ1) is 5.11. The molecule has 1 rings (SSSR count). The number of nitrogens with zero attached hydrogens (tertiary/aromatic N) is 1. The summed E-state index contributed by atoms with van der Waals surface area (Å²) in [5.74, 6) is -0.360. The van der Waals surface area contributed by atoms with E-state index in [0.29, 0.717) is 0 Å². The van der Waals surface area contributed by atoms with Gasteiger partial charge in [-0.1, -0.05) is 0 Å². The number of hydrogen-bond donors (Lipinski definition) is 2. The summed E-state index contributed by atoms with van der Waals surface area (Å²) in [5, 5.41) is 0. The second kappa shape index (κ2) is 2.81. The van der Waals surface area contributed by atoms with E-state index in [9.17, 15) is 13.2 Å². The Morgan fingerprint density at radius 1 is 1.45 bits per heavy atom. The average molecular weight is 165 g/mol. The van der Waals surface area contributed by atoms with Crippen molar-refractivity contribution in [2.24, 2.45) is 0 Å². The standard InChI is InChI=1S/C5H6F3N3/c6-3(4(7)8)5-10-1-2(9)11-5/h1,3-4H,9H2,(H,10,11). The van der Waals surface area contributed by atoms with E-state index in [1.807, 2.05) is 0 Å². The van der Waals surface area contributed by atoms with Crippen LogP contribution in [0.25, 0.3) is 0 Å². The fourth-order valence-electron chi connectivity index (χ4n) is 0.611. The highest BCUT2D eigenvalue weighted by atomic mass is 19.3. The van der Waals surface area contributed by atoms with Gasteiger partial charge in [0, 0.05) is 0 Å². The van der Waals surface area contributed by atoms with E-state index in [2.05, 4.69) is 9.97 Å². The molecule has 0 aliphatic rings. The number of imidazole rings is 1. The maximum atomic E-state index is 12.4. The Morgan fingerprint density at radius 2 is 2.09 bits per heavy atom. The van der Waals surface area contributed by atoms with Crippen molar-refractivity contribution in [3.63, 3.8) is 0 Å². The van der Waals surface area contributed by atoms with Gasteiger partial charge in [-0.2, -0.15) is 0 Å². The summed E-state index contributed by atoms with van der Waals surface area (Å²) < 4.78 is 35.7. The summed E-state index contributed by atoms with van der Waals surface area (Å²) in [5.41, 5.74) is 5.09. The van der Waals surface area contributed by atoms with Crippen LogP contribution in [0.4, 0.5) is 19.0 Å². The second-order valence-corrected chi connectivity index (χ2v) is 1.96. The van der Waals surface area contributed by atoms with Gasteiger partial charge in [-0.3, -0.25) is 0 Å². The second-order valence-electron chi connectivity index (χ2n) is 1.96. The van der Waals surface area contributed by atoms with Gasteiger partial charge >= 0.3 is 0 Å². The number of anilines is 1. The zero-order valence-electron chi connectivity index (χ0n) is 5.39. The van der Waals surface area contributed by atoms with Crippen molar-refractivity contribution in [1.82, 2.24) is 9.97 Å². The quantitative estimate of drug-likeness (QED) is 0.693. The van der Waals surface area contributed by atoms with Crippen LogP contribution >= 0.6 is 0 Å². The minimum Gasteiger partial charge on any atom is -0.384 e. The Bertz CT molecular complexity index is 235. The highest BCUT2D eigenvalue weighted by Crippen LogP contribution is 2.21. The molecule has 3 N–H and O–H groups in total. The molecule has 11 heavy (non-hydrogen) atoms. The van der Waals surface area contributed by atoms with Crippen molar-refractivity contribution >= 4 is 5.82 Å². The smallest absolute Gasteiger partial charge is 0.276 e. The number of nitrogens with one attached hydrogen (secondary N) is 1. The van der Waals surface area contributed by atoms with Crippen molar-refractivity contribution < 1.29 is 13.2 Å². The van der Waals surface area contributed by atoms with Crippen LogP contribution < -0.4 is 5.73 Å². The van der Waals surface area contributed by atoms with Crippen molar-refractivity contribution in [2.45, 2.75) is 12.6 Å². The molecule has 0 aliphatic carbocycles. The minimum absolute atomic E-state index is 0.0725. The maximum Gasteiger partial charge on any atom is 0.276 e. The summed E-state index contributed by atoms with van der Waals surface area (Å²) in [6.45, 7) is 0. The molecule has 0 amide bonds. The van der Waals surface area contributed by atoms with Crippen LogP contribution in [0.1, 0.15) is 12.0 Å². The van der Waals surface area contributed by atoms with Gasteiger partial charge in [-0.25, -0.2) is 18.2 Å². The number of aromatic amines is 1. The Balaban J connectivity index is 2.76. The molecule has 1 atom stereocenters. The molecule has 6 heteroatoms. The number of aromatic nitrogens is 2. The van der Waals surface area contributed by atoms with E-state index in [-0.39, 0.29) is 5.82 Å². The summed E-state index contributed by atoms with van der Waals surface area (Å²) in [7, 11) is 0. The lowest BCUT2D eigenvalue weighted by Crippen LogP contribution is -2.05. The molecule has 1 heterocycles. The first kappa shape index (κ1) is 7.90. The molecule has 1 unspecified atom stereocenters. The number of alkyl halides is 3. The van der Waals surface area contributed by atoms with E-state index in [1.165, 1.54) is 0 Å². The van der Waals surface area contributed by atoms with Gasteiger partial charge in [-0.15, -0.1) is 0 Å². The van der Waals surface area contributed by atoms with Gasteiger partial charge < -0.3 is 10.7 Å². The fourth-order valence-corrected chi connectivity index (χ4v) is 0.611. The molecular formula is C5H6F3N3. The molecule has 1 aromatic rings. The largest absolute Gasteiger partial charge is 0.384 e. The van der Waals surface area contributed by atoms with Crippen molar-refractivity contribution in [1.29, 1.82) is 0 Å². The van der Waals surface area contributed by atoms with Crippen LogP contribution in [0.15, 0.2) is 6.20 Å². The molecule has 0 saturated heterocycles. The third-order valence-electron chi connectivity index (χ3n) is 1.10. The number of hydrogen-bond acceptors (Lipinski definition) is 2. The summed E-state index contributed by atoms with van der Waals surface area (Å²) in [6, 6.07) is 0. The van der Waals surface area contributed by atoms with Crippen molar-refractivity contribution in [2.75, 3.05) is 5.73 Å². The first-order valence-corrected chi connectivity index (χ1v) is 2.84. The molecule has 0 saturated carbocycles. The summed E-state index contributed by atoms with van der Waals surface area (Å²) >= 11 is 0. The lowest BCUT2D eigenvalue weighted by molar-refractivity contribution is 0.0453. The maximum absolute atomic E-state index is 12.4. The zero-order valence-corrected chi connectivity index (χ0v) is 5.39. The van der Waals surface area contributed by atoms with Crippen LogP contribution in [0.5, 0.6) is 0 Å². The molecule has 0 aliphatic heterocycles. The fraction of sp³-hybridized carbons (Fsp3) is 0.400. The third kappa shape index (κ3) is 1.63. The van der Waals surface area contributed by atoms with Gasteiger partial charge in [-0.05, 0) is 0 Å². The van der Waals surface area contributed by atoms with Crippen LogP contribution in [-0.4, -0.2) is 16.4 Å². The predicted octanol–water partition coefficient (Wildman–Crippen LogP) is 1.27. The summed E-state index contributed by atoms with van der Waals surface area (Å²) in [6.07, 6.45) is -4.36. The molecule has 0 fully saturated rings. The zero-order chi connectivity index (χ0) is 8.43. The van der Waals surface area contributed by atoms with E-state index in [4.69, 9.17) is 5.73 Å². The molecule has 0 spiro atoms. The lowest BCUT2D eigenvalue weighted by atomic mass is 10.4. The highest BCUT2D eigenvalue weighted by Gasteiger charge is 2.23. The Labute approximate surface area is 60.4 Å². The molecule has 0 radical (unpaired) electrons. The van der Waals surface area contributed by atoms with Gasteiger partial charge in [0.2, 0.25) is 6.17 Å². The topological polar surface area (TPSA) is 54.7 Å². The van der Waals surface area contributed by atoms with Crippen LogP contribution in [0.2, 0.25) is 0 Å². The van der Waals surface area contributed by atoms with Gasteiger partial charge in [0.05, 0.1) is 6.20 Å². The summed E-state index contributed by atoms with van der Waals surface area (Å²) in [4.78, 5) is 5.47. The Kier molecular flexibility index (Phi) is 2.02. The molecule has 62 valence electrons. The number of halogens is 3. The van der Waals surface area contributed by atoms with Crippen molar-refractivity contribution in [3.05, 3.63) is 12.0 Å². The molecule has 1 aromatic heterocycles. The van der Waals surface area contributed by atoms with E-state index in [0.717, 1.165) is 6.20 Å². The Morgan fingerprint density at radius 3 is 2.45 bits per heavy atom. The monoisotopic (exact) mass is 165 g/mol. The van der Waals surface area contributed by atoms with E-state index < -0.39 is 18.4 Å². The number of rotatable bonds is 2. The predicted molar refractivity (Wildman–Crippen MR) is 32.9 cm³/mol. The van der Waals surface area contributed by atoms with Crippen LogP contribution in [0, 0.1) is 0 Å². The normalized spacial score (nSPS) is 13.8. The van der Waals surface area contributed by atoms with Gasteiger partial charge in [0.1, 0.15) is 11.6 Å². The van der Waals surface area contributed by atoms with E-state index >= 15 is 0 Å². The van der Waals surface area contributed by atoms with E-state index in [1.54, 1.807) is 0 Å². The lowest BCUT2D eigenvalue weighted by Gasteiger charge is -2.01. The Hall–Kier alpha value is -1.20. The molecular weight excluding hydrogens is 159 g/mol. The molecule has 0 aromatic carbocycles. The first-order valence-electron chi connectivity index (χ1n) is 2.84. The number of nitrogens with two attached hydrogens (primary N) is 1. The van der Waals surface area contributed by atoms with Gasteiger partial charge in [0.15, 0.2) is 0 Å². The number of nitrogen functional groups attached to an aromatic ring is 1. The molecule has 3 nitrogen and oxygen atoms in total. The average Bonchev–Trinajstić information content (AvgIpc) is 2.34. The SMILES string of the molecule is Nc1cnc(C(F)C(F)F)[nH]1.